The maximum Gasteiger partial charge on any atom is 0.220 e. The summed E-state index contributed by atoms with van der Waals surface area (Å²) in [5.41, 5.74) is 11.1. The molecule has 0 unspecified atom stereocenters. The molecule has 0 atom stereocenters. The Hall–Kier alpha value is -0.610. The molecule has 1 fully saturated rings. The van der Waals surface area contributed by atoms with Gasteiger partial charge in [0, 0.05) is 13.0 Å². The molecule has 0 aromatic rings. The van der Waals surface area contributed by atoms with E-state index in [1.165, 1.54) is 6.42 Å². The van der Waals surface area contributed by atoms with Gasteiger partial charge >= 0.3 is 0 Å². The van der Waals surface area contributed by atoms with Crippen molar-refractivity contribution in [2.45, 2.75) is 32.1 Å². The second-order valence-corrected chi connectivity index (χ2v) is 4.23. The maximum absolute atomic E-state index is 11.5. The van der Waals surface area contributed by atoms with E-state index in [0.29, 0.717) is 26.1 Å². The normalized spacial score (nSPS) is 18.7. The Kier molecular flexibility index (Phi) is 4.35. The summed E-state index contributed by atoms with van der Waals surface area (Å²) in [6.45, 7) is 1.95. The topological polar surface area (TPSA) is 81.1 Å². The van der Waals surface area contributed by atoms with Crippen LogP contribution >= 0.6 is 0 Å². The lowest BCUT2D eigenvalue weighted by atomic mass is 9.66. The zero-order valence-corrected chi connectivity index (χ0v) is 8.72. The van der Waals surface area contributed by atoms with E-state index in [1.54, 1.807) is 0 Å². The molecule has 0 aromatic carbocycles. The molecule has 0 bridgehead atoms. The van der Waals surface area contributed by atoms with Gasteiger partial charge in [0.15, 0.2) is 0 Å². The van der Waals surface area contributed by atoms with Crippen LogP contribution in [0.1, 0.15) is 32.1 Å². The summed E-state index contributed by atoms with van der Waals surface area (Å²) in [6, 6.07) is 0. The lowest BCUT2D eigenvalue weighted by Gasteiger charge is -2.40. The molecule has 1 rings (SSSR count). The van der Waals surface area contributed by atoms with Crippen LogP contribution < -0.4 is 16.8 Å². The zero-order valence-electron chi connectivity index (χ0n) is 8.72. The Morgan fingerprint density at radius 3 is 2.50 bits per heavy atom. The summed E-state index contributed by atoms with van der Waals surface area (Å²) in [5, 5.41) is 2.87. The monoisotopic (exact) mass is 199 g/mol. The van der Waals surface area contributed by atoms with Crippen LogP contribution in [0.4, 0.5) is 0 Å². The Morgan fingerprint density at radius 1 is 1.36 bits per heavy atom. The minimum atomic E-state index is 0.118. The third kappa shape index (κ3) is 2.96. The van der Waals surface area contributed by atoms with E-state index in [0.717, 1.165) is 19.3 Å². The highest BCUT2D eigenvalue weighted by Crippen LogP contribution is 2.42. The number of carbonyl (C=O) groups is 1. The molecule has 14 heavy (non-hydrogen) atoms. The Morgan fingerprint density at radius 2 is 2.07 bits per heavy atom. The summed E-state index contributed by atoms with van der Waals surface area (Å²) >= 11 is 0. The van der Waals surface area contributed by atoms with Crippen molar-refractivity contribution < 1.29 is 4.79 Å². The smallest absolute Gasteiger partial charge is 0.220 e. The maximum atomic E-state index is 11.5. The van der Waals surface area contributed by atoms with Gasteiger partial charge in [-0.25, -0.2) is 0 Å². The highest BCUT2D eigenvalue weighted by molar-refractivity contribution is 5.76. The van der Waals surface area contributed by atoms with Crippen LogP contribution in [0.2, 0.25) is 0 Å². The van der Waals surface area contributed by atoms with Gasteiger partial charge in [-0.1, -0.05) is 6.42 Å². The first-order chi connectivity index (χ1) is 6.72. The standard InChI is InChI=1S/C10H21N3O/c11-5-2-6-13-9(14)7-10(8-12)3-1-4-10/h1-8,11-12H2,(H,13,14). The van der Waals surface area contributed by atoms with Crippen LogP contribution in [0.25, 0.3) is 0 Å². The third-order valence-electron chi connectivity index (χ3n) is 3.09. The van der Waals surface area contributed by atoms with Crippen LogP contribution in [0.5, 0.6) is 0 Å². The highest BCUT2D eigenvalue weighted by atomic mass is 16.1. The molecule has 0 aromatic heterocycles. The van der Waals surface area contributed by atoms with Crippen molar-refractivity contribution in [3.05, 3.63) is 0 Å². The average Bonchev–Trinajstić information content (AvgIpc) is 2.12. The molecule has 4 nitrogen and oxygen atoms in total. The molecule has 0 saturated heterocycles. The molecular weight excluding hydrogens is 178 g/mol. The van der Waals surface area contributed by atoms with Crippen molar-refractivity contribution in [3.8, 4) is 0 Å². The van der Waals surface area contributed by atoms with Crippen molar-refractivity contribution in [2.24, 2.45) is 16.9 Å². The molecule has 5 N–H and O–H groups in total. The summed E-state index contributed by atoms with van der Waals surface area (Å²) in [4.78, 5) is 11.5. The van der Waals surface area contributed by atoms with Crippen molar-refractivity contribution in [1.82, 2.24) is 5.32 Å². The van der Waals surface area contributed by atoms with E-state index in [4.69, 9.17) is 11.5 Å². The predicted octanol–water partition coefficient (Wildman–Crippen LogP) is -0.0295. The van der Waals surface area contributed by atoms with Gasteiger partial charge in [0.05, 0.1) is 0 Å². The molecule has 0 radical (unpaired) electrons. The summed E-state index contributed by atoms with van der Waals surface area (Å²) < 4.78 is 0. The first-order valence-corrected chi connectivity index (χ1v) is 5.39. The Bertz CT molecular complexity index is 184. The SMILES string of the molecule is NCCCNC(=O)CC1(CN)CCC1. The van der Waals surface area contributed by atoms with Crippen molar-refractivity contribution >= 4 is 5.91 Å². The summed E-state index contributed by atoms with van der Waals surface area (Å²) in [5.74, 6) is 0.128. The molecule has 1 aliphatic rings. The lowest BCUT2D eigenvalue weighted by Crippen LogP contribution is -2.42. The molecule has 1 amide bonds. The third-order valence-corrected chi connectivity index (χ3v) is 3.09. The van der Waals surface area contributed by atoms with Gasteiger partial charge in [0.1, 0.15) is 0 Å². The lowest BCUT2D eigenvalue weighted by molar-refractivity contribution is -0.124. The van der Waals surface area contributed by atoms with Gasteiger partial charge in [-0.05, 0) is 37.8 Å². The fourth-order valence-corrected chi connectivity index (χ4v) is 1.86. The minimum absolute atomic E-state index is 0.118. The number of carbonyl (C=O) groups excluding carboxylic acids is 1. The second-order valence-electron chi connectivity index (χ2n) is 4.23. The number of nitrogens with one attached hydrogen (secondary N) is 1. The number of nitrogens with two attached hydrogens (primary N) is 2. The molecular formula is C10H21N3O. The number of hydrogen-bond acceptors (Lipinski definition) is 3. The molecule has 4 heteroatoms. The van der Waals surface area contributed by atoms with Gasteiger partial charge in [-0.2, -0.15) is 0 Å². The molecule has 0 heterocycles. The highest BCUT2D eigenvalue weighted by Gasteiger charge is 2.37. The van der Waals surface area contributed by atoms with Gasteiger partial charge in [-0.15, -0.1) is 0 Å². The second kappa shape index (κ2) is 5.32. The van der Waals surface area contributed by atoms with E-state index in [2.05, 4.69) is 5.32 Å². The van der Waals surface area contributed by atoms with Gasteiger partial charge in [0.25, 0.3) is 0 Å². The Labute approximate surface area is 85.4 Å². The summed E-state index contributed by atoms with van der Waals surface area (Å²) in [7, 11) is 0. The molecule has 82 valence electrons. The quantitative estimate of drug-likeness (QED) is 0.525. The van der Waals surface area contributed by atoms with E-state index < -0.39 is 0 Å². The Balaban J connectivity index is 2.18. The molecule has 1 saturated carbocycles. The van der Waals surface area contributed by atoms with E-state index in [1.807, 2.05) is 0 Å². The van der Waals surface area contributed by atoms with Crippen LogP contribution in [0.3, 0.4) is 0 Å². The first-order valence-electron chi connectivity index (χ1n) is 5.39. The van der Waals surface area contributed by atoms with Gasteiger partial charge < -0.3 is 16.8 Å². The fraction of sp³-hybridized carbons (Fsp3) is 0.900. The minimum Gasteiger partial charge on any atom is -0.356 e. The number of amides is 1. The number of rotatable bonds is 6. The predicted molar refractivity (Wildman–Crippen MR) is 56.6 cm³/mol. The van der Waals surface area contributed by atoms with E-state index in [-0.39, 0.29) is 11.3 Å². The fourth-order valence-electron chi connectivity index (χ4n) is 1.86. The van der Waals surface area contributed by atoms with Crippen LogP contribution in [-0.2, 0) is 4.79 Å². The molecule has 0 spiro atoms. The van der Waals surface area contributed by atoms with Crippen molar-refractivity contribution in [1.29, 1.82) is 0 Å². The largest absolute Gasteiger partial charge is 0.356 e. The zero-order chi connectivity index (χ0) is 10.4. The van der Waals surface area contributed by atoms with Crippen LogP contribution in [-0.4, -0.2) is 25.5 Å². The van der Waals surface area contributed by atoms with Gasteiger partial charge in [-0.3, -0.25) is 4.79 Å². The average molecular weight is 199 g/mol. The van der Waals surface area contributed by atoms with Crippen molar-refractivity contribution in [3.63, 3.8) is 0 Å². The first kappa shape index (κ1) is 11.5. The molecule has 1 aliphatic carbocycles. The van der Waals surface area contributed by atoms with E-state index >= 15 is 0 Å². The van der Waals surface area contributed by atoms with Crippen molar-refractivity contribution in [2.75, 3.05) is 19.6 Å². The van der Waals surface area contributed by atoms with Crippen LogP contribution in [0, 0.1) is 5.41 Å². The number of hydrogen-bond donors (Lipinski definition) is 3. The molecule has 0 aliphatic heterocycles. The summed E-state index contributed by atoms with van der Waals surface area (Å²) in [6.07, 6.45) is 4.87. The van der Waals surface area contributed by atoms with E-state index in [9.17, 15) is 4.79 Å². The van der Waals surface area contributed by atoms with Gasteiger partial charge in [0.2, 0.25) is 5.91 Å². The van der Waals surface area contributed by atoms with Crippen LogP contribution in [0.15, 0.2) is 0 Å².